The fraction of sp³-hybridized carbons (Fsp3) is 0.417. The van der Waals surface area contributed by atoms with Crippen molar-refractivity contribution in [2.45, 2.75) is 18.3 Å². The number of para-hydroxylation sites is 1. The lowest BCUT2D eigenvalue weighted by Gasteiger charge is -2.15. The number of thioether (sulfide) groups is 1. The molecule has 4 nitrogen and oxygen atoms in total. The van der Waals surface area contributed by atoms with Crippen LogP contribution in [0.1, 0.15) is 18.5 Å². The summed E-state index contributed by atoms with van der Waals surface area (Å²) in [6, 6.07) is 7.81. The van der Waals surface area contributed by atoms with Crippen LogP contribution in [0.25, 0.3) is 0 Å². The number of hydrogen-bond acceptors (Lipinski definition) is 4. The van der Waals surface area contributed by atoms with E-state index in [1.807, 2.05) is 31.2 Å². The number of carboxylic acid groups (broad SMARTS) is 1. The lowest BCUT2D eigenvalue weighted by Crippen LogP contribution is -2.30. The number of hydrogen-bond donors (Lipinski definition) is 2. The van der Waals surface area contributed by atoms with Gasteiger partial charge in [0.1, 0.15) is 5.75 Å². The molecule has 1 aromatic carbocycles. The Morgan fingerprint density at radius 3 is 3.00 bits per heavy atom. The number of ether oxygens (including phenoxy) is 1. The largest absolute Gasteiger partial charge is 0.494 e. The molecule has 1 aliphatic heterocycles. The molecule has 2 N–H and O–H groups in total. The van der Waals surface area contributed by atoms with E-state index in [9.17, 15) is 4.79 Å². The van der Waals surface area contributed by atoms with Gasteiger partial charge in [0.15, 0.2) is 5.37 Å². The van der Waals surface area contributed by atoms with Gasteiger partial charge in [-0.05, 0) is 13.0 Å². The maximum absolute atomic E-state index is 10.9. The molecule has 17 heavy (non-hydrogen) atoms. The summed E-state index contributed by atoms with van der Waals surface area (Å²) >= 11 is 1.41. The molecule has 1 aliphatic rings. The van der Waals surface area contributed by atoms with Gasteiger partial charge in [0.2, 0.25) is 0 Å². The minimum absolute atomic E-state index is 0.0452. The summed E-state index contributed by atoms with van der Waals surface area (Å²) in [5.41, 5.74) is 1.03. The van der Waals surface area contributed by atoms with Crippen LogP contribution in [0.4, 0.5) is 0 Å². The Morgan fingerprint density at radius 1 is 1.59 bits per heavy atom. The summed E-state index contributed by atoms with van der Waals surface area (Å²) in [5.74, 6) is 0.770. The van der Waals surface area contributed by atoms with Crippen LogP contribution in [0, 0.1) is 0 Å². The third kappa shape index (κ3) is 2.73. The molecule has 2 rings (SSSR count). The molecule has 1 aromatic rings. The number of carbonyl (C=O) groups is 1. The summed E-state index contributed by atoms with van der Waals surface area (Å²) in [7, 11) is 0. The van der Waals surface area contributed by atoms with Crippen LogP contribution in [0.5, 0.6) is 5.75 Å². The second kappa shape index (κ2) is 5.42. The molecule has 0 radical (unpaired) electrons. The second-order valence-corrected chi connectivity index (χ2v) is 4.88. The van der Waals surface area contributed by atoms with E-state index in [2.05, 4.69) is 5.32 Å². The van der Waals surface area contributed by atoms with Crippen LogP contribution in [0.3, 0.4) is 0 Å². The fourth-order valence-electron chi connectivity index (χ4n) is 1.85. The first kappa shape index (κ1) is 12.3. The van der Waals surface area contributed by atoms with E-state index in [-0.39, 0.29) is 6.04 Å². The smallest absolute Gasteiger partial charge is 0.331 e. The zero-order valence-electron chi connectivity index (χ0n) is 9.55. The van der Waals surface area contributed by atoms with Gasteiger partial charge in [0.25, 0.3) is 0 Å². The zero-order chi connectivity index (χ0) is 12.3. The Kier molecular flexibility index (Phi) is 3.91. The van der Waals surface area contributed by atoms with E-state index in [1.165, 1.54) is 11.8 Å². The number of nitrogens with one attached hydrogen (secondary N) is 1. The van der Waals surface area contributed by atoms with E-state index in [0.29, 0.717) is 6.61 Å². The van der Waals surface area contributed by atoms with E-state index in [4.69, 9.17) is 9.84 Å². The maximum Gasteiger partial charge on any atom is 0.331 e. The molecule has 2 atom stereocenters. The highest BCUT2D eigenvalue weighted by molar-refractivity contribution is 8.00. The van der Waals surface area contributed by atoms with Crippen LogP contribution in [0.2, 0.25) is 0 Å². The van der Waals surface area contributed by atoms with Crippen LogP contribution in [-0.2, 0) is 4.79 Å². The van der Waals surface area contributed by atoms with Gasteiger partial charge in [-0.2, -0.15) is 0 Å². The molecule has 92 valence electrons. The van der Waals surface area contributed by atoms with Crippen molar-refractivity contribution in [1.29, 1.82) is 0 Å². The molecule has 0 aromatic heterocycles. The molecular formula is C12H15NO3S. The second-order valence-electron chi connectivity index (χ2n) is 3.74. The lowest BCUT2D eigenvalue weighted by atomic mass is 10.1. The third-order valence-electron chi connectivity index (χ3n) is 2.60. The minimum atomic E-state index is -0.814. The molecule has 0 amide bonds. The average Bonchev–Trinajstić information content (AvgIpc) is 2.79. The SMILES string of the molecule is CCOc1ccccc1[C@H]1CS[C@H](C(=O)O)N1. The Hall–Kier alpha value is -1.20. The molecule has 0 unspecified atom stereocenters. The van der Waals surface area contributed by atoms with Crippen molar-refractivity contribution in [3.05, 3.63) is 29.8 Å². The van der Waals surface area contributed by atoms with Gasteiger partial charge in [-0.25, -0.2) is 4.79 Å². The van der Waals surface area contributed by atoms with Crippen molar-refractivity contribution in [1.82, 2.24) is 5.32 Å². The lowest BCUT2D eigenvalue weighted by molar-refractivity contribution is -0.137. The molecule has 1 fully saturated rings. The first-order chi connectivity index (χ1) is 8.22. The zero-order valence-corrected chi connectivity index (χ0v) is 10.4. The van der Waals surface area contributed by atoms with E-state index in [0.717, 1.165) is 17.1 Å². The van der Waals surface area contributed by atoms with Crippen LogP contribution in [0.15, 0.2) is 24.3 Å². The predicted molar refractivity (Wildman–Crippen MR) is 67.4 cm³/mol. The third-order valence-corrected chi connectivity index (χ3v) is 3.80. The average molecular weight is 253 g/mol. The summed E-state index contributed by atoms with van der Waals surface area (Å²) in [6.45, 7) is 2.55. The highest BCUT2D eigenvalue weighted by Gasteiger charge is 2.31. The van der Waals surface area contributed by atoms with Crippen LogP contribution in [-0.4, -0.2) is 28.8 Å². The first-order valence-electron chi connectivity index (χ1n) is 5.54. The highest BCUT2D eigenvalue weighted by atomic mass is 32.2. The van der Waals surface area contributed by atoms with Crippen LogP contribution >= 0.6 is 11.8 Å². The van der Waals surface area contributed by atoms with Gasteiger partial charge < -0.3 is 9.84 Å². The van der Waals surface area contributed by atoms with Crippen molar-refractivity contribution in [2.24, 2.45) is 0 Å². The summed E-state index contributed by atoms with van der Waals surface area (Å²) in [6.07, 6.45) is 0. The molecule has 5 heteroatoms. The predicted octanol–water partition coefficient (Wildman–Crippen LogP) is 1.87. The van der Waals surface area contributed by atoms with Gasteiger partial charge >= 0.3 is 5.97 Å². The van der Waals surface area contributed by atoms with E-state index < -0.39 is 11.3 Å². The molecule has 0 aliphatic carbocycles. The van der Waals surface area contributed by atoms with Crippen molar-refractivity contribution < 1.29 is 14.6 Å². The number of carboxylic acids is 1. The molecule has 0 spiro atoms. The normalized spacial score (nSPS) is 23.6. The number of rotatable bonds is 4. The summed E-state index contributed by atoms with van der Waals surface area (Å²) in [5, 5.41) is 11.5. The maximum atomic E-state index is 10.9. The quantitative estimate of drug-likeness (QED) is 0.858. The standard InChI is InChI=1S/C12H15NO3S/c1-2-16-10-6-4-3-5-8(10)9-7-17-11(13-9)12(14)15/h3-6,9,11,13H,2,7H2,1H3,(H,14,15)/t9-,11-/m1/s1. The van der Waals surface area contributed by atoms with E-state index in [1.54, 1.807) is 0 Å². The molecule has 1 saturated heterocycles. The molecule has 0 bridgehead atoms. The number of aliphatic carboxylic acids is 1. The Labute approximate surface area is 104 Å². The van der Waals surface area contributed by atoms with Gasteiger partial charge in [0.05, 0.1) is 6.61 Å². The molecular weight excluding hydrogens is 238 g/mol. The topological polar surface area (TPSA) is 58.6 Å². The fourth-order valence-corrected chi connectivity index (χ4v) is 2.91. The summed E-state index contributed by atoms with van der Waals surface area (Å²) in [4.78, 5) is 10.9. The van der Waals surface area contributed by atoms with Gasteiger partial charge in [-0.1, -0.05) is 18.2 Å². The van der Waals surface area contributed by atoms with Gasteiger partial charge in [-0.15, -0.1) is 11.8 Å². The Balaban J connectivity index is 2.15. The van der Waals surface area contributed by atoms with Crippen LogP contribution < -0.4 is 10.1 Å². The van der Waals surface area contributed by atoms with Crippen molar-refractivity contribution >= 4 is 17.7 Å². The number of benzene rings is 1. The Bertz CT molecular complexity index is 410. The van der Waals surface area contributed by atoms with Gasteiger partial charge in [-0.3, -0.25) is 5.32 Å². The first-order valence-corrected chi connectivity index (χ1v) is 6.59. The van der Waals surface area contributed by atoms with Crippen molar-refractivity contribution in [2.75, 3.05) is 12.4 Å². The summed E-state index contributed by atoms with van der Waals surface area (Å²) < 4.78 is 5.55. The minimum Gasteiger partial charge on any atom is -0.494 e. The Morgan fingerprint density at radius 2 is 2.35 bits per heavy atom. The molecule has 0 saturated carbocycles. The monoisotopic (exact) mass is 253 g/mol. The van der Waals surface area contributed by atoms with Crippen molar-refractivity contribution in [3.8, 4) is 5.75 Å². The highest BCUT2D eigenvalue weighted by Crippen LogP contribution is 2.34. The van der Waals surface area contributed by atoms with Crippen molar-refractivity contribution in [3.63, 3.8) is 0 Å². The molecule has 1 heterocycles. The van der Waals surface area contributed by atoms with Gasteiger partial charge in [0, 0.05) is 17.4 Å². The van der Waals surface area contributed by atoms with E-state index >= 15 is 0 Å².